The van der Waals surface area contributed by atoms with Crippen LogP contribution in [0.3, 0.4) is 0 Å². The third kappa shape index (κ3) is 4.00. The molecule has 0 spiro atoms. The van der Waals surface area contributed by atoms with Crippen molar-refractivity contribution in [2.75, 3.05) is 12.3 Å². The molecule has 0 N–H and O–H groups in total. The van der Waals surface area contributed by atoms with E-state index in [-0.39, 0.29) is 22.5 Å². The van der Waals surface area contributed by atoms with Crippen LogP contribution in [-0.4, -0.2) is 17.2 Å². The molecular formula is C10H10N2O2S. The van der Waals surface area contributed by atoms with Crippen molar-refractivity contribution < 1.29 is 4.92 Å². The van der Waals surface area contributed by atoms with E-state index in [4.69, 9.17) is 5.26 Å². The average Bonchev–Trinajstić information content (AvgIpc) is 2.25. The quantitative estimate of drug-likeness (QED) is 0.566. The Labute approximate surface area is 92.1 Å². The molecule has 0 heterocycles. The van der Waals surface area contributed by atoms with Gasteiger partial charge in [-0.25, -0.2) is 0 Å². The Bertz CT molecular complexity index is 361. The maximum atomic E-state index is 10.5. The molecule has 1 aromatic carbocycles. The number of benzene rings is 1. The minimum absolute atomic E-state index is 0.143. The molecule has 0 bridgehead atoms. The van der Waals surface area contributed by atoms with Crippen LogP contribution in [0.5, 0.6) is 0 Å². The zero-order chi connectivity index (χ0) is 11.1. The van der Waals surface area contributed by atoms with Gasteiger partial charge in [0.1, 0.15) is 0 Å². The molecule has 0 saturated carbocycles. The summed E-state index contributed by atoms with van der Waals surface area (Å²) >= 11 is 1.30. The SMILES string of the molecule is N#CCSC(C[N+](=O)[O-])c1ccccc1. The van der Waals surface area contributed by atoms with Gasteiger partial charge in [-0.2, -0.15) is 5.26 Å². The Hall–Kier alpha value is -1.54. The number of nitrogens with zero attached hydrogens (tertiary/aromatic N) is 2. The van der Waals surface area contributed by atoms with Crippen LogP contribution in [0.1, 0.15) is 10.8 Å². The zero-order valence-corrected chi connectivity index (χ0v) is 8.81. The molecule has 0 radical (unpaired) electrons. The van der Waals surface area contributed by atoms with Crippen molar-refractivity contribution in [2.24, 2.45) is 0 Å². The van der Waals surface area contributed by atoms with E-state index in [1.807, 2.05) is 36.4 Å². The second-order valence-corrected chi connectivity index (χ2v) is 4.07. The summed E-state index contributed by atoms with van der Waals surface area (Å²) in [5.41, 5.74) is 0.898. The summed E-state index contributed by atoms with van der Waals surface area (Å²) in [6.45, 7) is -0.143. The predicted molar refractivity (Wildman–Crippen MR) is 59.1 cm³/mol. The molecule has 0 amide bonds. The van der Waals surface area contributed by atoms with Gasteiger partial charge in [0.25, 0.3) is 0 Å². The van der Waals surface area contributed by atoms with E-state index < -0.39 is 0 Å². The molecule has 0 aromatic heterocycles. The number of nitriles is 1. The Morgan fingerprint density at radius 3 is 2.67 bits per heavy atom. The highest BCUT2D eigenvalue weighted by Crippen LogP contribution is 2.28. The first-order valence-electron chi connectivity index (χ1n) is 4.39. The first kappa shape index (κ1) is 11.5. The van der Waals surface area contributed by atoms with Gasteiger partial charge in [-0.1, -0.05) is 30.3 Å². The third-order valence-corrected chi connectivity index (χ3v) is 2.95. The largest absolute Gasteiger partial charge is 0.264 e. The summed E-state index contributed by atoms with van der Waals surface area (Å²) in [6.07, 6.45) is 0. The molecule has 0 aliphatic rings. The summed E-state index contributed by atoms with van der Waals surface area (Å²) in [5.74, 6) is 0.271. The molecule has 15 heavy (non-hydrogen) atoms. The lowest BCUT2D eigenvalue weighted by atomic mass is 10.1. The highest BCUT2D eigenvalue weighted by Gasteiger charge is 2.17. The van der Waals surface area contributed by atoms with E-state index in [1.54, 1.807) is 0 Å². The van der Waals surface area contributed by atoms with Crippen LogP contribution in [0.2, 0.25) is 0 Å². The van der Waals surface area contributed by atoms with Gasteiger partial charge < -0.3 is 0 Å². The molecule has 0 aliphatic carbocycles. The summed E-state index contributed by atoms with van der Waals surface area (Å²) < 4.78 is 0. The highest BCUT2D eigenvalue weighted by atomic mass is 32.2. The minimum Gasteiger partial charge on any atom is -0.264 e. The van der Waals surface area contributed by atoms with E-state index in [1.165, 1.54) is 11.8 Å². The zero-order valence-electron chi connectivity index (χ0n) is 8.00. The Morgan fingerprint density at radius 2 is 2.13 bits per heavy atom. The van der Waals surface area contributed by atoms with E-state index in [9.17, 15) is 10.1 Å². The molecule has 1 unspecified atom stereocenters. The summed E-state index contributed by atoms with van der Waals surface area (Å²) in [4.78, 5) is 10.1. The van der Waals surface area contributed by atoms with Gasteiger partial charge in [0, 0.05) is 4.92 Å². The fourth-order valence-electron chi connectivity index (χ4n) is 1.20. The lowest BCUT2D eigenvalue weighted by molar-refractivity contribution is -0.479. The molecule has 78 valence electrons. The van der Waals surface area contributed by atoms with Gasteiger partial charge in [-0.15, -0.1) is 11.8 Å². The summed E-state index contributed by atoms with van der Waals surface area (Å²) in [7, 11) is 0. The molecule has 0 fully saturated rings. The molecule has 1 aromatic rings. The average molecular weight is 222 g/mol. The van der Waals surface area contributed by atoms with Crippen LogP contribution in [-0.2, 0) is 0 Å². The van der Waals surface area contributed by atoms with Gasteiger partial charge >= 0.3 is 0 Å². The standard InChI is InChI=1S/C10H10N2O2S/c11-6-7-15-10(8-12(13)14)9-4-2-1-3-5-9/h1-5,10H,7-8H2. The Kier molecular flexibility index (Phi) is 4.64. The third-order valence-electron chi connectivity index (χ3n) is 1.84. The molecule has 1 atom stereocenters. The number of rotatable bonds is 5. The molecule has 4 nitrogen and oxygen atoms in total. The molecule has 5 heteroatoms. The maximum Gasteiger partial charge on any atom is 0.219 e. The highest BCUT2D eigenvalue weighted by molar-refractivity contribution is 7.99. The van der Waals surface area contributed by atoms with Gasteiger partial charge in [0.05, 0.1) is 17.1 Å². The lowest BCUT2D eigenvalue weighted by Gasteiger charge is -2.10. The van der Waals surface area contributed by atoms with Crippen LogP contribution in [0.25, 0.3) is 0 Å². The van der Waals surface area contributed by atoms with E-state index in [0.717, 1.165) is 5.56 Å². The van der Waals surface area contributed by atoms with Crippen molar-refractivity contribution >= 4 is 11.8 Å². The van der Waals surface area contributed by atoms with Gasteiger partial charge in [-0.05, 0) is 5.56 Å². The van der Waals surface area contributed by atoms with Crippen molar-refractivity contribution in [2.45, 2.75) is 5.25 Å². The first-order valence-corrected chi connectivity index (χ1v) is 5.44. The molecule has 0 aliphatic heterocycles. The van der Waals surface area contributed by atoms with Crippen molar-refractivity contribution in [3.8, 4) is 6.07 Å². The van der Waals surface area contributed by atoms with E-state index in [2.05, 4.69) is 0 Å². The van der Waals surface area contributed by atoms with Crippen molar-refractivity contribution in [3.05, 3.63) is 46.0 Å². The van der Waals surface area contributed by atoms with Crippen LogP contribution in [0.15, 0.2) is 30.3 Å². The van der Waals surface area contributed by atoms with Crippen LogP contribution in [0.4, 0.5) is 0 Å². The van der Waals surface area contributed by atoms with Gasteiger partial charge in [0.15, 0.2) is 0 Å². The Morgan fingerprint density at radius 1 is 1.47 bits per heavy atom. The molecular weight excluding hydrogens is 212 g/mol. The normalized spacial score (nSPS) is 11.7. The monoisotopic (exact) mass is 222 g/mol. The first-order chi connectivity index (χ1) is 7.24. The fourth-order valence-corrected chi connectivity index (χ4v) is 2.05. The minimum atomic E-state index is -0.345. The second kappa shape index (κ2) is 6.04. The number of thioether (sulfide) groups is 1. The van der Waals surface area contributed by atoms with Crippen LogP contribution in [0, 0.1) is 21.4 Å². The summed E-state index contributed by atoms with van der Waals surface area (Å²) in [6, 6.07) is 11.2. The number of nitro groups is 1. The summed E-state index contributed by atoms with van der Waals surface area (Å²) in [5, 5.41) is 18.7. The van der Waals surface area contributed by atoms with Crippen LogP contribution < -0.4 is 0 Å². The predicted octanol–water partition coefficient (Wildman–Crippen LogP) is 2.26. The van der Waals surface area contributed by atoms with Gasteiger partial charge in [-0.3, -0.25) is 10.1 Å². The lowest BCUT2D eigenvalue weighted by Crippen LogP contribution is -2.10. The topological polar surface area (TPSA) is 66.9 Å². The number of hydrogen-bond acceptors (Lipinski definition) is 4. The Balaban J connectivity index is 2.72. The smallest absolute Gasteiger partial charge is 0.219 e. The van der Waals surface area contributed by atoms with Crippen LogP contribution >= 0.6 is 11.8 Å². The second-order valence-electron chi connectivity index (χ2n) is 2.88. The van der Waals surface area contributed by atoms with Gasteiger partial charge in [0.2, 0.25) is 6.54 Å². The molecule has 1 rings (SSSR count). The molecule has 0 saturated heterocycles. The van der Waals surface area contributed by atoms with Crippen molar-refractivity contribution in [1.82, 2.24) is 0 Å². The van der Waals surface area contributed by atoms with Crippen molar-refractivity contribution in [1.29, 1.82) is 5.26 Å². The van der Waals surface area contributed by atoms with Crippen molar-refractivity contribution in [3.63, 3.8) is 0 Å². The maximum absolute atomic E-state index is 10.5. The van der Waals surface area contributed by atoms with E-state index in [0.29, 0.717) is 0 Å². The van der Waals surface area contributed by atoms with E-state index >= 15 is 0 Å². The fraction of sp³-hybridized carbons (Fsp3) is 0.300. The number of hydrogen-bond donors (Lipinski definition) is 0.